The van der Waals surface area contributed by atoms with E-state index < -0.39 is 0 Å². The lowest BCUT2D eigenvalue weighted by atomic mass is 10.1. The van der Waals surface area contributed by atoms with Crippen LogP contribution in [-0.4, -0.2) is 10.2 Å². The zero-order valence-electron chi connectivity index (χ0n) is 8.75. The molecule has 0 aliphatic carbocycles. The van der Waals surface area contributed by atoms with Gasteiger partial charge in [0.15, 0.2) is 3.92 Å². The van der Waals surface area contributed by atoms with Crippen molar-refractivity contribution in [2.75, 3.05) is 5.32 Å². The summed E-state index contributed by atoms with van der Waals surface area (Å²) in [6.07, 6.45) is 0. The Morgan fingerprint density at radius 1 is 1.35 bits per heavy atom. The zero-order chi connectivity index (χ0) is 12.4. The molecule has 90 valence electrons. The Morgan fingerprint density at radius 3 is 2.71 bits per heavy atom. The molecule has 1 aromatic heterocycles. The highest BCUT2D eigenvalue weighted by molar-refractivity contribution is 9.11. The fourth-order valence-corrected chi connectivity index (χ4v) is 3.05. The van der Waals surface area contributed by atoms with E-state index in [2.05, 4.69) is 31.4 Å². The molecule has 0 amide bonds. The third-order valence-corrected chi connectivity index (χ3v) is 4.02. The second kappa shape index (κ2) is 5.52. The van der Waals surface area contributed by atoms with Gasteiger partial charge in [0.2, 0.25) is 5.13 Å². The summed E-state index contributed by atoms with van der Waals surface area (Å²) in [4.78, 5) is 0. The smallest absolute Gasteiger partial charge is 0.206 e. The van der Waals surface area contributed by atoms with Crippen molar-refractivity contribution >= 4 is 55.6 Å². The van der Waals surface area contributed by atoms with Crippen LogP contribution in [0, 0.1) is 0 Å². The Balaban J connectivity index is 2.17. The van der Waals surface area contributed by atoms with Gasteiger partial charge in [-0.1, -0.05) is 40.6 Å². The summed E-state index contributed by atoms with van der Waals surface area (Å²) in [6, 6.07) is 5.49. The highest BCUT2D eigenvalue weighted by Crippen LogP contribution is 2.30. The SMILES string of the molecule is CC(Nc1nnc(Br)s1)c1ccc(Cl)cc1Cl. The normalized spacial score (nSPS) is 12.5. The number of benzene rings is 1. The minimum atomic E-state index is 0.0413. The lowest BCUT2D eigenvalue weighted by molar-refractivity contribution is 0.873. The Morgan fingerprint density at radius 2 is 2.12 bits per heavy atom. The van der Waals surface area contributed by atoms with Gasteiger partial charge in [-0.3, -0.25) is 0 Å². The largest absolute Gasteiger partial charge is 0.353 e. The van der Waals surface area contributed by atoms with Crippen LogP contribution in [0.25, 0.3) is 0 Å². The second-order valence-electron chi connectivity index (χ2n) is 3.39. The molecule has 0 saturated heterocycles. The van der Waals surface area contributed by atoms with Gasteiger partial charge in [0, 0.05) is 10.0 Å². The first-order chi connectivity index (χ1) is 8.06. The molecule has 7 heteroatoms. The predicted octanol–water partition coefficient (Wildman–Crippen LogP) is 4.78. The fraction of sp³-hybridized carbons (Fsp3) is 0.200. The molecule has 2 aromatic rings. The predicted molar refractivity (Wildman–Crippen MR) is 76.1 cm³/mol. The van der Waals surface area contributed by atoms with E-state index in [0.717, 1.165) is 14.6 Å². The van der Waals surface area contributed by atoms with Crippen LogP contribution in [-0.2, 0) is 0 Å². The van der Waals surface area contributed by atoms with Gasteiger partial charge in [0.1, 0.15) is 0 Å². The standard InChI is InChI=1S/C10H8BrCl2N3S/c1-5(14-10-16-15-9(11)17-10)7-3-2-6(12)4-8(7)13/h2-5H,1H3,(H,14,16). The molecule has 1 unspecified atom stereocenters. The highest BCUT2D eigenvalue weighted by atomic mass is 79.9. The number of hydrogen-bond donors (Lipinski definition) is 1. The third-order valence-electron chi connectivity index (χ3n) is 2.17. The van der Waals surface area contributed by atoms with Crippen LogP contribution in [0.4, 0.5) is 5.13 Å². The van der Waals surface area contributed by atoms with Crippen molar-refractivity contribution in [3.05, 3.63) is 37.7 Å². The van der Waals surface area contributed by atoms with Gasteiger partial charge in [-0.15, -0.1) is 10.2 Å². The lowest BCUT2D eigenvalue weighted by Gasteiger charge is -2.14. The average Bonchev–Trinajstić information content (AvgIpc) is 2.63. The maximum Gasteiger partial charge on any atom is 0.206 e. The minimum absolute atomic E-state index is 0.0413. The van der Waals surface area contributed by atoms with E-state index in [9.17, 15) is 0 Å². The summed E-state index contributed by atoms with van der Waals surface area (Å²) in [5, 5.41) is 13.1. The minimum Gasteiger partial charge on any atom is -0.353 e. The Bertz CT molecular complexity index is 532. The molecule has 0 aliphatic rings. The van der Waals surface area contributed by atoms with E-state index in [-0.39, 0.29) is 6.04 Å². The average molecular weight is 353 g/mol. The molecule has 17 heavy (non-hydrogen) atoms. The van der Waals surface area contributed by atoms with Gasteiger partial charge in [0.25, 0.3) is 0 Å². The number of hydrogen-bond acceptors (Lipinski definition) is 4. The molecule has 0 radical (unpaired) electrons. The number of nitrogens with zero attached hydrogens (tertiary/aromatic N) is 2. The summed E-state index contributed by atoms with van der Waals surface area (Å²) in [6.45, 7) is 2.00. The van der Waals surface area contributed by atoms with Crippen LogP contribution in [0.3, 0.4) is 0 Å². The summed E-state index contributed by atoms with van der Waals surface area (Å²) in [5.41, 5.74) is 0.974. The van der Waals surface area contributed by atoms with Gasteiger partial charge in [-0.05, 0) is 40.5 Å². The van der Waals surface area contributed by atoms with Crippen molar-refractivity contribution in [2.45, 2.75) is 13.0 Å². The maximum absolute atomic E-state index is 6.13. The summed E-state index contributed by atoms with van der Waals surface area (Å²) in [7, 11) is 0. The first-order valence-electron chi connectivity index (χ1n) is 4.77. The van der Waals surface area contributed by atoms with Crippen LogP contribution >= 0.6 is 50.5 Å². The molecule has 0 fully saturated rings. The molecule has 1 aromatic carbocycles. The highest BCUT2D eigenvalue weighted by Gasteiger charge is 2.12. The molecule has 0 spiro atoms. The summed E-state index contributed by atoms with van der Waals surface area (Å²) in [5.74, 6) is 0. The number of nitrogens with one attached hydrogen (secondary N) is 1. The lowest BCUT2D eigenvalue weighted by Crippen LogP contribution is -2.06. The van der Waals surface area contributed by atoms with Crippen molar-refractivity contribution in [2.24, 2.45) is 0 Å². The van der Waals surface area contributed by atoms with Gasteiger partial charge in [-0.25, -0.2) is 0 Å². The molecule has 1 atom stereocenters. The topological polar surface area (TPSA) is 37.8 Å². The maximum atomic E-state index is 6.13. The number of rotatable bonds is 3. The van der Waals surface area contributed by atoms with Crippen LogP contribution < -0.4 is 5.32 Å². The first kappa shape index (κ1) is 13.1. The Hall–Kier alpha value is -0.360. The quantitative estimate of drug-likeness (QED) is 0.863. The van der Waals surface area contributed by atoms with E-state index in [1.807, 2.05) is 19.1 Å². The van der Waals surface area contributed by atoms with Crippen molar-refractivity contribution in [3.63, 3.8) is 0 Å². The van der Waals surface area contributed by atoms with E-state index in [0.29, 0.717) is 10.0 Å². The zero-order valence-corrected chi connectivity index (χ0v) is 12.7. The van der Waals surface area contributed by atoms with Crippen molar-refractivity contribution in [1.82, 2.24) is 10.2 Å². The van der Waals surface area contributed by atoms with E-state index in [1.165, 1.54) is 11.3 Å². The van der Waals surface area contributed by atoms with Gasteiger partial charge < -0.3 is 5.32 Å². The molecular weight excluding hydrogens is 345 g/mol. The Kier molecular flexibility index (Phi) is 4.25. The molecule has 0 saturated carbocycles. The summed E-state index contributed by atoms with van der Waals surface area (Å²) < 4.78 is 0.745. The van der Waals surface area contributed by atoms with Crippen LogP contribution in [0.1, 0.15) is 18.5 Å². The van der Waals surface area contributed by atoms with Crippen LogP contribution in [0.2, 0.25) is 10.0 Å². The van der Waals surface area contributed by atoms with Gasteiger partial charge >= 0.3 is 0 Å². The third kappa shape index (κ3) is 3.31. The van der Waals surface area contributed by atoms with E-state index >= 15 is 0 Å². The van der Waals surface area contributed by atoms with E-state index in [1.54, 1.807) is 6.07 Å². The van der Waals surface area contributed by atoms with Crippen molar-refractivity contribution in [3.8, 4) is 0 Å². The number of anilines is 1. The molecule has 1 N–H and O–H groups in total. The van der Waals surface area contributed by atoms with E-state index in [4.69, 9.17) is 23.2 Å². The van der Waals surface area contributed by atoms with Gasteiger partial charge in [0.05, 0.1) is 6.04 Å². The van der Waals surface area contributed by atoms with Crippen molar-refractivity contribution < 1.29 is 0 Å². The molecule has 3 nitrogen and oxygen atoms in total. The van der Waals surface area contributed by atoms with Crippen LogP contribution in [0.5, 0.6) is 0 Å². The first-order valence-corrected chi connectivity index (χ1v) is 7.13. The molecule has 1 heterocycles. The molecular formula is C10H8BrCl2N3S. The molecule has 0 bridgehead atoms. The van der Waals surface area contributed by atoms with Crippen LogP contribution in [0.15, 0.2) is 22.1 Å². The fourth-order valence-electron chi connectivity index (χ4n) is 1.38. The Labute approximate surface area is 121 Å². The number of aromatic nitrogens is 2. The number of halogens is 3. The van der Waals surface area contributed by atoms with Gasteiger partial charge in [-0.2, -0.15) is 0 Å². The summed E-state index contributed by atoms with van der Waals surface area (Å²) >= 11 is 16.7. The monoisotopic (exact) mass is 351 g/mol. The second-order valence-corrected chi connectivity index (χ2v) is 6.49. The molecule has 0 aliphatic heterocycles. The molecule has 2 rings (SSSR count). The van der Waals surface area contributed by atoms with Crippen molar-refractivity contribution in [1.29, 1.82) is 0 Å².